The zero-order valence-corrected chi connectivity index (χ0v) is 8.23. The molecule has 0 saturated heterocycles. The van der Waals surface area contributed by atoms with Gasteiger partial charge in [-0.1, -0.05) is 0 Å². The van der Waals surface area contributed by atoms with Crippen LogP contribution in [0.5, 0.6) is 0 Å². The van der Waals surface area contributed by atoms with Crippen molar-refractivity contribution in [2.75, 3.05) is 7.11 Å². The Morgan fingerprint density at radius 2 is 2.43 bits per heavy atom. The first-order valence-electron chi connectivity index (χ1n) is 4.18. The maximum atomic E-state index is 11.1. The van der Waals surface area contributed by atoms with Crippen molar-refractivity contribution in [2.45, 2.75) is 18.9 Å². The van der Waals surface area contributed by atoms with Gasteiger partial charge in [0.15, 0.2) is 0 Å². The van der Waals surface area contributed by atoms with Crippen molar-refractivity contribution < 1.29 is 9.53 Å². The Bertz CT molecular complexity index is 311. The number of ether oxygens (including phenoxy) is 1. The third kappa shape index (κ3) is 2.50. The molecule has 14 heavy (non-hydrogen) atoms. The molecule has 1 heterocycles. The van der Waals surface area contributed by atoms with Gasteiger partial charge < -0.3 is 10.5 Å². The minimum atomic E-state index is -0.809. The molecule has 0 aliphatic heterocycles. The summed E-state index contributed by atoms with van der Waals surface area (Å²) in [5, 5.41) is 0. The van der Waals surface area contributed by atoms with E-state index < -0.39 is 5.54 Å². The van der Waals surface area contributed by atoms with Crippen LogP contribution >= 0.6 is 0 Å². The molecule has 0 bridgehead atoms. The lowest BCUT2D eigenvalue weighted by Gasteiger charge is -2.21. The molecule has 0 spiro atoms. The van der Waals surface area contributed by atoms with Gasteiger partial charge in [-0.05, 0) is 13.0 Å². The van der Waals surface area contributed by atoms with E-state index in [1.54, 1.807) is 19.2 Å². The average molecular weight is 195 g/mol. The number of esters is 1. The monoisotopic (exact) mass is 195 g/mol. The summed E-state index contributed by atoms with van der Waals surface area (Å²) >= 11 is 0. The molecule has 76 valence electrons. The van der Waals surface area contributed by atoms with E-state index in [1.165, 1.54) is 13.4 Å². The summed E-state index contributed by atoms with van der Waals surface area (Å²) in [5.41, 5.74) is 5.74. The van der Waals surface area contributed by atoms with Gasteiger partial charge in [-0.3, -0.25) is 4.79 Å². The Labute approximate surface area is 82.3 Å². The van der Waals surface area contributed by atoms with E-state index in [4.69, 9.17) is 5.73 Å². The highest BCUT2D eigenvalue weighted by atomic mass is 16.5. The van der Waals surface area contributed by atoms with Crippen LogP contribution < -0.4 is 5.73 Å². The second-order valence-electron chi connectivity index (χ2n) is 3.26. The lowest BCUT2D eigenvalue weighted by molar-refractivity contribution is -0.142. The molecule has 0 unspecified atom stereocenters. The minimum Gasteiger partial charge on any atom is -0.469 e. The summed E-state index contributed by atoms with van der Waals surface area (Å²) in [6.45, 7) is 1.73. The highest BCUT2D eigenvalue weighted by Gasteiger charge is 2.26. The van der Waals surface area contributed by atoms with Crippen molar-refractivity contribution in [3.05, 3.63) is 24.3 Å². The molecule has 1 aromatic heterocycles. The highest BCUT2D eigenvalue weighted by molar-refractivity contribution is 5.70. The van der Waals surface area contributed by atoms with Crippen molar-refractivity contribution in [1.82, 2.24) is 9.97 Å². The van der Waals surface area contributed by atoms with Gasteiger partial charge in [0.05, 0.1) is 24.8 Å². The number of carbonyl (C=O) groups excluding carboxylic acids is 1. The molecule has 0 aromatic carbocycles. The molecule has 1 atom stereocenters. The van der Waals surface area contributed by atoms with E-state index in [0.717, 1.165) is 0 Å². The fourth-order valence-electron chi connectivity index (χ4n) is 1.09. The summed E-state index contributed by atoms with van der Waals surface area (Å²) in [5.74, 6) is -0.353. The number of nitrogens with two attached hydrogens (primary N) is 1. The Kier molecular flexibility index (Phi) is 3.14. The molecule has 0 aliphatic rings. The van der Waals surface area contributed by atoms with E-state index in [-0.39, 0.29) is 12.4 Å². The first kappa shape index (κ1) is 10.6. The molecule has 0 fully saturated rings. The molecule has 2 N–H and O–H groups in total. The largest absolute Gasteiger partial charge is 0.469 e. The molecule has 1 rings (SSSR count). The fraction of sp³-hybridized carbons (Fsp3) is 0.444. The van der Waals surface area contributed by atoms with Crippen LogP contribution in [0.4, 0.5) is 0 Å². The molecule has 0 saturated carbocycles. The lowest BCUT2D eigenvalue weighted by atomic mass is 9.95. The molecule has 0 radical (unpaired) electrons. The summed E-state index contributed by atoms with van der Waals surface area (Å²) in [6, 6.07) is 1.68. The van der Waals surface area contributed by atoms with Gasteiger partial charge in [-0.15, -0.1) is 0 Å². The predicted octanol–water partition coefficient (Wildman–Crippen LogP) is 0.214. The van der Waals surface area contributed by atoms with Gasteiger partial charge in [0.25, 0.3) is 0 Å². The smallest absolute Gasteiger partial charge is 0.307 e. The SMILES string of the molecule is COC(=O)C[C@](C)(N)c1ccncn1. The van der Waals surface area contributed by atoms with E-state index in [2.05, 4.69) is 14.7 Å². The number of hydrogen-bond donors (Lipinski definition) is 1. The molecule has 1 aromatic rings. The van der Waals surface area contributed by atoms with E-state index in [1.807, 2.05) is 0 Å². The van der Waals surface area contributed by atoms with E-state index in [0.29, 0.717) is 5.69 Å². The Balaban J connectivity index is 2.80. The van der Waals surface area contributed by atoms with E-state index in [9.17, 15) is 4.79 Å². The first-order valence-corrected chi connectivity index (χ1v) is 4.18. The maximum Gasteiger partial charge on any atom is 0.307 e. The van der Waals surface area contributed by atoms with Crippen LogP contribution in [-0.4, -0.2) is 23.0 Å². The van der Waals surface area contributed by atoms with Crippen LogP contribution in [0.1, 0.15) is 19.0 Å². The second-order valence-corrected chi connectivity index (χ2v) is 3.26. The molecule has 5 nitrogen and oxygen atoms in total. The number of rotatable bonds is 3. The van der Waals surface area contributed by atoms with Gasteiger partial charge >= 0.3 is 5.97 Å². The van der Waals surface area contributed by atoms with Crippen molar-refractivity contribution in [3.8, 4) is 0 Å². The summed E-state index contributed by atoms with van der Waals surface area (Å²) in [4.78, 5) is 18.8. The van der Waals surface area contributed by atoms with Crippen LogP contribution in [0.3, 0.4) is 0 Å². The number of nitrogens with zero attached hydrogens (tertiary/aromatic N) is 2. The number of hydrogen-bond acceptors (Lipinski definition) is 5. The van der Waals surface area contributed by atoms with Crippen molar-refractivity contribution in [2.24, 2.45) is 5.73 Å². The maximum absolute atomic E-state index is 11.1. The van der Waals surface area contributed by atoms with Crippen molar-refractivity contribution >= 4 is 5.97 Å². The average Bonchev–Trinajstić information content (AvgIpc) is 2.18. The van der Waals surface area contributed by atoms with Crippen LogP contribution in [0.15, 0.2) is 18.6 Å². The molecule has 5 heteroatoms. The van der Waals surface area contributed by atoms with Crippen molar-refractivity contribution in [1.29, 1.82) is 0 Å². The third-order valence-corrected chi connectivity index (χ3v) is 1.91. The molecular weight excluding hydrogens is 182 g/mol. The van der Waals surface area contributed by atoms with Crippen LogP contribution in [0, 0.1) is 0 Å². The molecule has 0 aliphatic carbocycles. The van der Waals surface area contributed by atoms with Crippen LogP contribution in [0.2, 0.25) is 0 Å². The van der Waals surface area contributed by atoms with Crippen molar-refractivity contribution in [3.63, 3.8) is 0 Å². The summed E-state index contributed by atoms with van der Waals surface area (Å²) in [7, 11) is 1.33. The van der Waals surface area contributed by atoms with Gasteiger partial charge in [0.2, 0.25) is 0 Å². The first-order chi connectivity index (χ1) is 6.56. The lowest BCUT2D eigenvalue weighted by Crippen LogP contribution is -2.36. The van der Waals surface area contributed by atoms with E-state index >= 15 is 0 Å². The summed E-state index contributed by atoms with van der Waals surface area (Å²) in [6.07, 6.45) is 3.09. The number of carbonyl (C=O) groups is 1. The Morgan fingerprint density at radius 3 is 2.93 bits per heavy atom. The zero-order valence-electron chi connectivity index (χ0n) is 8.23. The number of aromatic nitrogens is 2. The highest BCUT2D eigenvalue weighted by Crippen LogP contribution is 2.18. The standard InChI is InChI=1S/C9H13N3O2/c1-9(10,5-8(13)14-2)7-3-4-11-6-12-7/h3-4,6H,5,10H2,1-2H3/t9-/m0/s1. The van der Waals surface area contributed by atoms with Gasteiger partial charge in [0.1, 0.15) is 6.33 Å². The van der Waals surface area contributed by atoms with Crippen LogP contribution in [0.25, 0.3) is 0 Å². The van der Waals surface area contributed by atoms with Gasteiger partial charge in [-0.2, -0.15) is 0 Å². The molecular formula is C9H13N3O2. The number of methoxy groups -OCH3 is 1. The second kappa shape index (κ2) is 4.15. The third-order valence-electron chi connectivity index (χ3n) is 1.91. The fourth-order valence-corrected chi connectivity index (χ4v) is 1.09. The summed E-state index contributed by atoms with van der Waals surface area (Å²) < 4.78 is 4.55. The Morgan fingerprint density at radius 1 is 1.71 bits per heavy atom. The minimum absolute atomic E-state index is 0.0977. The quantitative estimate of drug-likeness (QED) is 0.698. The normalized spacial score (nSPS) is 14.5. The van der Waals surface area contributed by atoms with Crippen LogP contribution in [-0.2, 0) is 15.1 Å². The predicted molar refractivity (Wildman–Crippen MR) is 50.2 cm³/mol. The zero-order chi connectivity index (χ0) is 10.6. The Hall–Kier alpha value is -1.49. The van der Waals surface area contributed by atoms with Gasteiger partial charge in [0, 0.05) is 6.20 Å². The topological polar surface area (TPSA) is 78.1 Å². The molecule has 0 amide bonds. The van der Waals surface area contributed by atoms with Gasteiger partial charge in [-0.25, -0.2) is 9.97 Å².